The Kier molecular flexibility index (Phi) is 4.25. The average molecular weight is 286 g/mol. The Morgan fingerprint density at radius 3 is 3.10 bits per heavy atom. The van der Waals surface area contributed by atoms with Gasteiger partial charge in [0, 0.05) is 30.8 Å². The summed E-state index contributed by atoms with van der Waals surface area (Å²) in [5, 5.41) is 4.30. The number of hydrogen-bond donors (Lipinski definition) is 1. The highest BCUT2D eigenvalue weighted by atomic mass is 16.5. The van der Waals surface area contributed by atoms with Crippen LogP contribution in [-0.4, -0.2) is 29.7 Å². The third-order valence-electron chi connectivity index (χ3n) is 4.11. The van der Waals surface area contributed by atoms with Gasteiger partial charge in [-0.2, -0.15) is 0 Å². The number of carbonyl (C=O) groups is 1. The van der Waals surface area contributed by atoms with E-state index in [0.29, 0.717) is 13.0 Å². The topological polar surface area (TPSA) is 43.3 Å². The van der Waals surface area contributed by atoms with Gasteiger partial charge in [0.05, 0.1) is 12.6 Å². The van der Waals surface area contributed by atoms with Crippen LogP contribution < -0.4 is 5.32 Å². The van der Waals surface area contributed by atoms with Crippen LogP contribution in [0.4, 0.5) is 0 Å². The number of rotatable bonds is 4. The predicted octanol–water partition coefficient (Wildman–Crippen LogP) is 2.64. The molecule has 1 fully saturated rings. The van der Waals surface area contributed by atoms with Crippen molar-refractivity contribution in [1.82, 2.24) is 9.88 Å². The lowest BCUT2D eigenvalue weighted by Crippen LogP contribution is -2.40. The zero-order chi connectivity index (χ0) is 14.7. The standard InChI is InChI=1S/C17H22N2O2/c1-13-11-14-5-2-3-7-16(14)19(13)9-8-17(20)18-15-6-4-10-21-12-15/h2-3,5,7,11,15H,4,6,8-10,12H2,1H3,(H,18,20)/t15-/m0/s1. The highest BCUT2D eigenvalue weighted by molar-refractivity contribution is 5.81. The van der Waals surface area contributed by atoms with Gasteiger partial charge in [-0.25, -0.2) is 0 Å². The zero-order valence-electron chi connectivity index (χ0n) is 12.5. The maximum Gasteiger partial charge on any atom is 0.222 e. The minimum absolute atomic E-state index is 0.114. The lowest BCUT2D eigenvalue weighted by molar-refractivity contribution is -0.122. The predicted molar refractivity (Wildman–Crippen MR) is 83.3 cm³/mol. The summed E-state index contributed by atoms with van der Waals surface area (Å²) in [7, 11) is 0. The molecule has 0 saturated carbocycles. The molecule has 0 unspecified atom stereocenters. The zero-order valence-corrected chi connectivity index (χ0v) is 12.5. The smallest absolute Gasteiger partial charge is 0.222 e. The second kappa shape index (κ2) is 6.31. The minimum Gasteiger partial charge on any atom is -0.379 e. The van der Waals surface area contributed by atoms with Gasteiger partial charge >= 0.3 is 0 Å². The summed E-state index contributed by atoms with van der Waals surface area (Å²) in [4.78, 5) is 12.1. The summed E-state index contributed by atoms with van der Waals surface area (Å²) >= 11 is 0. The van der Waals surface area contributed by atoms with E-state index in [2.05, 4.69) is 35.0 Å². The molecule has 1 amide bonds. The molecule has 1 aliphatic rings. The van der Waals surface area contributed by atoms with E-state index in [9.17, 15) is 4.79 Å². The van der Waals surface area contributed by atoms with E-state index in [-0.39, 0.29) is 11.9 Å². The number of amides is 1. The Morgan fingerprint density at radius 2 is 2.29 bits per heavy atom. The van der Waals surface area contributed by atoms with Crippen LogP contribution in [-0.2, 0) is 16.1 Å². The maximum atomic E-state index is 12.1. The van der Waals surface area contributed by atoms with E-state index in [0.717, 1.165) is 26.0 Å². The van der Waals surface area contributed by atoms with Gasteiger partial charge in [0.15, 0.2) is 0 Å². The molecule has 2 aromatic rings. The number of ether oxygens (including phenoxy) is 1. The molecule has 1 aliphatic heterocycles. The summed E-state index contributed by atoms with van der Waals surface area (Å²) in [5.41, 5.74) is 2.40. The van der Waals surface area contributed by atoms with Crippen LogP contribution in [0, 0.1) is 6.92 Å². The van der Waals surface area contributed by atoms with E-state index in [4.69, 9.17) is 4.74 Å². The number of nitrogens with one attached hydrogen (secondary N) is 1. The molecular formula is C17H22N2O2. The average Bonchev–Trinajstić information content (AvgIpc) is 2.81. The number of aromatic nitrogens is 1. The SMILES string of the molecule is Cc1cc2ccccc2n1CCC(=O)N[C@H]1CCCOC1. The van der Waals surface area contributed by atoms with Gasteiger partial charge in [0.1, 0.15) is 0 Å². The summed E-state index contributed by atoms with van der Waals surface area (Å²) in [6, 6.07) is 10.7. The summed E-state index contributed by atoms with van der Waals surface area (Å²) < 4.78 is 7.60. The van der Waals surface area contributed by atoms with Gasteiger partial charge in [-0.05, 0) is 37.3 Å². The molecule has 0 spiro atoms. The molecule has 4 nitrogen and oxygen atoms in total. The van der Waals surface area contributed by atoms with E-state index in [1.54, 1.807) is 0 Å². The highest BCUT2D eigenvalue weighted by Crippen LogP contribution is 2.19. The van der Waals surface area contributed by atoms with Crippen LogP contribution in [0.2, 0.25) is 0 Å². The number of fused-ring (bicyclic) bond motifs is 1. The molecule has 1 N–H and O–H groups in total. The molecule has 1 atom stereocenters. The van der Waals surface area contributed by atoms with Crippen molar-refractivity contribution in [2.24, 2.45) is 0 Å². The van der Waals surface area contributed by atoms with E-state index >= 15 is 0 Å². The fraction of sp³-hybridized carbons (Fsp3) is 0.471. The summed E-state index contributed by atoms with van der Waals surface area (Å²) in [6.07, 6.45) is 2.57. The number of nitrogens with zero attached hydrogens (tertiary/aromatic N) is 1. The summed E-state index contributed by atoms with van der Waals surface area (Å²) in [6.45, 7) is 4.28. The Labute approximate surface area is 125 Å². The fourth-order valence-electron chi connectivity index (χ4n) is 3.01. The second-order valence-electron chi connectivity index (χ2n) is 5.73. The molecule has 3 rings (SSSR count). The largest absolute Gasteiger partial charge is 0.379 e. The first-order valence-corrected chi connectivity index (χ1v) is 7.66. The number of carbonyl (C=O) groups excluding carboxylic acids is 1. The van der Waals surface area contributed by atoms with Crippen molar-refractivity contribution < 1.29 is 9.53 Å². The van der Waals surface area contributed by atoms with Crippen LogP contribution in [0.3, 0.4) is 0 Å². The molecule has 4 heteroatoms. The van der Waals surface area contributed by atoms with Gasteiger partial charge in [-0.15, -0.1) is 0 Å². The molecule has 112 valence electrons. The molecule has 1 aromatic carbocycles. The van der Waals surface area contributed by atoms with E-state index in [1.807, 2.05) is 12.1 Å². The van der Waals surface area contributed by atoms with Crippen molar-refractivity contribution in [2.75, 3.05) is 13.2 Å². The molecule has 21 heavy (non-hydrogen) atoms. The minimum atomic E-state index is 0.114. The number of benzene rings is 1. The van der Waals surface area contributed by atoms with Crippen molar-refractivity contribution in [3.05, 3.63) is 36.0 Å². The normalized spacial score (nSPS) is 18.8. The lowest BCUT2D eigenvalue weighted by Gasteiger charge is -2.23. The first kappa shape index (κ1) is 14.1. The van der Waals surface area contributed by atoms with Crippen LogP contribution >= 0.6 is 0 Å². The van der Waals surface area contributed by atoms with Gasteiger partial charge in [-0.1, -0.05) is 18.2 Å². The number of para-hydroxylation sites is 1. The van der Waals surface area contributed by atoms with Crippen LogP contribution in [0.15, 0.2) is 30.3 Å². The van der Waals surface area contributed by atoms with Crippen molar-refractivity contribution in [1.29, 1.82) is 0 Å². The first-order chi connectivity index (χ1) is 10.2. The van der Waals surface area contributed by atoms with Crippen molar-refractivity contribution >= 4 is 16.8 Å². The quantitative estimate of drug-likeness (QED) is 0.939. The molecule has 1 saturated heterocycles. The molecule has 2 heterocycles. The van der Waals surface area contributed by atoms with Crippen LogP contribution in [0.25, 0.3) is 10.9 Å². The maximum absolute atomic E-state index is 12.1. The van der Waals surface area contributed by atoms with Crippen LogP contribution in [0.1, 0.15) is 25.0 Å². The monoisotopic (exact) mass is 286 g/mol. The molecule has 0 radical (unpaired) electrons. The van der Waals surface area contributed by atoms with Crippen molar-refractivity contribution in [2.45, 2.75) is 38.8 Å². The summed E-state index contributed by atoms with van der Waals surface area (Å²) in [5.74, 6) is 0.114. The lowest BCUT2D eigenvalue weighted by atomic mass is 10.1. The molecule has 0 aliphatic carbocycles. The third-order valence-corrected chi connectivity index (χ3v) is 4.11. The first-order valence-electron chi connectivity index (χ1n) is 7.66. The van der Waals surface area contributed by atoms with Gasteiger partial charge in [0.25, 0.3) is 0 Å². The fourth-order valence-corrected chi connectivity index (χ4v) is 3.01. The third kappa shape index (κ3) is 3.27. The van der Waals surface area contributed by atoms with E-state index in [1.165, 1.54) is 16.6 Å². The Hall–Kier alpha value is -1.81. The Morgan fingerprint density at radius 1 is 1.43 bits per heavy atom. The highest BCUT2D eigenvalue weighted by Gasteiger charge is 2.16. The van der Waals surface area contributed by atoms with Crippen molar-refractivity contribution in [3.8, 4) is 0 Å². The van der Waals surface area contributed by atoms with E-state index < -0.39 is 0 Å². The Bertz CT molecular complexity index is 627. The second-order valence-corrected chi connectivity index (χ2v) is 5.73. The Balaban J connectivity index is 1.60. The number of aryl methyl sites for hydroxylation is 2. The molecule has 0 bridgehead atoms. The number of hydrogen-bond acceptors (Lipinski definition) is 2. The van der Waals surface area contributed by atoms with Gasteiger partial charge < -0.3 is 14.6 Å². The van der Waals surface area contributed by atoms with Crippen molar-refractivity contribution in [3.63, 3.8) is 0 Å². The van der Waals surface area contributed by atoms with Crippen LogP contribution in [0.5, 0.6) is 0 Å². The van der Waals surface area contributed by atoms with Gasteiger partial charge in [-0.3, -0.25) is 4.79 Å². The molecular weight excluding hydrogens is 264 g/mol. The molecule has 1 aromatic heterocycles. The van der Waals surface area contributed by atoms with Gasteiger partial charge in [0.2, 0.25) is 5.91 Å².